The average molecular weight is 342 g/mol. The van der Waals surface area contributed by atoms with Gasteiger partial charge in [0.05, 0.1) is 13.2 Å². The minimum atomic E-state index is -3.36. The van der Waals surface area contributed by atoms with Crippen molar-refractivity contribution in [3.63, 3.8) is 0 Å². The Bertz CT molecular complexity index is 445. The fraction of sp³-hybridized carbons (Fsp3) is 1.00. The highest BCUT2D eigenvalue weighted by atomic mass is 35.5. The highest BCUT2D eigenvalue weighted by molar-refractivity contribution is 7.86. The Morgan fingerprint density at radius 2 is 1.76 bits per heavy atom. The summed E-state index contributed by atoms with van der Waals surface area (Å²) in [5.74, 6) is -0.527. The van der Waals surface area contributed by atoms with E-state index in [0.29, 0.717) is 58.8 Å². The molecular formula is C12H24ClN3O4S. The van der Waals surface area contributed by atoms with E-state index in [9.17, 15) is 8.42 Å². The highest BCUT2D eigenvalue weighted by Gasteiger charge is 2.44. The van der Waals surface area contributed by atoms with Crippen LogP contribution in [-0.4, -0.2) is 74.8 Å². The number of piperazine rings is 1. The van der Waals surface area contributed by atoms with Crippen molar-refractivity contribution in [2.24, 2.45) is 0 Å². The van der Waals surface area contributed by atoms with Crippen LogP contribution in [0.5, 0.6) is 0 Å². The van der Waals surface area contributed by atoms with Crippen molar-refractivity contribution in [3.05, 3.63) is 0 Å². The van der Waals surface area contributed by atoms with Crippen LogP contribution in [0.15, 0.2) is 0 Å². The number of ether oxygens (including phenoxy) is 2. The molecule has 3 saturated heterocycles. The second kappa shape index (κ2) is 6.66. The molecule has 9 heteroatoms. The van der Waals surface area contributed by atoms with Gasteiger partial charge >= 0.3 is 0 Å². The smallest absolute Gasteiger partial charge is 0.282 e. The molecule has 1 spiro atoms. The standard InChI is InChI=1S/C12H23N3O4S.ClH/c1-11-10-13-4-7-15(11)20(16,17)14-5-2-12(3-6-14)18-8-9-19-12;/h11,13H,2-10H2,1H3;1H. The molecule has 3 heterocycles. The SMILES string of the molecule is CC1CNCCN1S(=O)(=O)N1CCC2(CC1)OCCO2.Cl. The number of nitrogens with one attached hydrogen (secondary N) is 1. The summed E-state index contributed by atoms with van der Waals surface area (Å²) in [5.41, 5.74) is 0. The Balaban J connectivity index is 0.00000161. The topological polar surface area (TPSA) is 71.1 Å². The van der Waals surface area contributed by atoms with Gasteiger partial charge in [-0.05, 0) is 6.92 Å². The lowest BCUT2D eigenvalue weighted by Gasteiger charge is -2.41. The summed E-state index contributed by atoms with van der Waals surface area (Å²) in [6.07, 6.45) is 1.24. The summed E-state index contributed by atoms with van der Waals surface area (Å²) in [5, 5.41) is 3.21. The van der Waals surface area contributed by atoms with Crippen molar-refractivity contribution in [1.82, 2.24) is 13.9 Å². The van der Waals surface area contributed by atoms with E-state index >= 15 is 0 Å². The largest absolute Gasteiger partial charge is 0.347 e. The molecule has 3 aliphatic rings. The first-order valence-corrected chi connectivity index (χ1v) is 8.69. The van der Waals surface area contributed by atoms with Crippen molar-refractivity contribution >= 4 is 22.6 Å². The molecule has 3 fully saturated rings. The van der Waals surface area contributed by atoms with Gasteiger partial charge in [0.1, 0.15) is 0 Å². The van der Waals surface area contributed by atoms with E-state index < -0.39 is 16.0 Å². The summed E-state index contributed by atoms with van der Waals surface area (Å²) in [7, 11) is -3.36. The van der Waals surface area contributed by atoms with E-state index in [0.717, 1.165) is 0 Å². The van der Waals surface area contributed by atoms with Crippen LogP contribution in [0, 0.1) is 0 Å². The minimum absolute atomic E-state index is 0. The average Bonchev–Trinajstić information content (AvgIpc) is 2.88. The molecule has 1 atom stereocenters. The third kappa shape index (κ3) is 3.36. The predicted molar refractivity (Wildman–Crippen MR) is 80.6 cm³/mol. The van der Waals surface area contributed by atoms with Gasteiger partial charge in [-0.2, -0.15) is 17.0 Å². The van der Waals surface area contributed by atoms with Crippen LogP contribution in [-0.2, 0) is 19.7 Å². The fourth-order valence-electron chi connectivity index (χ4n) is 3.16. The lowest BCUT2D eigenvalue weighted by Crippen LogP contribution is -2.58. The summed E-state index contributed by atoms with van der Waals surface area (Å²) in [4.78, 5) is 0. The van der Waals surface area contributed by atoms with Crippen LogP contribution in [0.1, 0.15) is 19.8 Å². The summed E-state index contributed by atoms with van der Waals surface area (Å²) in [6.45, 7) is 6.08. The van der Waals surface area contributed by atoms with Gasteiger partial charge in [-0.1, -0.05) is 0 Å². The number of hydrogen-bond donors (Lipinski definition) is 1. The molecule has 21 heavy (non-hydrogen) atoms. The molecule has 7 nitrogen and oxygen atoms in total. The maximum absolute atomic E-state index is 12.7. The van der Waals surface area contributed by atoms with Gasteiger partial charge in [0, 0.05) is 51.6 Å². The lowest BCUT2D eigenvalue weighted by atomic mass is 10.1. The number of nitrogens with zero attached hydrogens (tertiary/aromatic N) is 2. The Morgan fingerprint density at radius 1 is 1.14 bits per heavy atom. The van der Waals surface area contributed by atoms with E-state index in [1.54, 1.807) is 8.61 Å². The molecule has 3 rings (SSSR count). The molecular weight excluding hydrogens is 318 g/mol. The molecule has 0 aliphatic carbocycles. The maximum atomic E-state index is 12.7. The zero-order chi connectivity index (χ0) is 14.2. The molecule has 1 N–H and O–H groups in total. The molecule has 0 aromatic rings. The Morgan fingerprint density at radius 3 is 2.33 bits per heavy atom. The summed E-state index contributed by atoms with van der Waals surface area (Å²) in [6, 6.07) is 0.00335. The highest BCUT2D eigenvalue weighted by Crippen LogP contribution is 2.32. The molecule has 124 valence electrons. The van der Waals surface area contributed by atoms with Gasteiger partial charge in [-0.3, -0.25) is 0 Å². The van der Waals surface area contributed by atoms with E-state index in [1.165, 1.54) is 0 Å². The van der Waals surface area contributed by atoms with Crippen molar-refractivity contribution in [1.29, 1.82) is 0 Å². The van der Waals surface area contributed by atoms with Crippen LogP contribution in [0.3, 0.4) is 0 Å². The van der Waals surface area contributed by atoms with Crippen LogP contribution in [0.4, 0.5) is 0 Å². The predicted octanol–water partition coefficient (Wildman–Crippen LogP) is -0.214. The van der Waals surface area contributed by atoms with E-state index in [4.69, 9.17) is 9.47 Å². The van der Waals surface area contributed by atoms with Crippen molar-refractivity contribution in [2.75, 3.05) is 45.9 Å². The summed E-state index contributed by atoms with van der Waals surface area (Å²) >= 11 is 0. The Labute approximate surface area is 132 Å². The second-order valence-corrected chi connectivity index (χ2v) is 7.56. The van der Waals surface area contributed by atoms with Gasteiger partial charge in [-0.25, -0.2) is 0 Å². The first-order chi connectivity index (χ1) is 9.54. The van der Waals surface area contributed by atoms with Crippen molar-refractivity contribution in [3.8, 4) is 0 Å². The van der Waals surface area contributed by atoms with Crippen molar-refractivity contribution < 1.29 is 17.9 Å². The minimum Gasteiger partial charge on any atom is -0.347 e. The van der Waals surface area contributed by atoms with E-state index in [1.807, 2.05) is 6.92 Å². The molecule has 0 amide bonds. The zero-order valence-electron chi connectivity index (χ0n) is 12.3. The quantitative estimate of drug-likeness (QED) is 0.752. The summed E-state index contributed by atoms with van der Waals surface area (Å²) < 4.78 is 39.9. The molecule has 0 saturated carbocycles. The maximum Gasteiger partial charge on any atom is 0.282 e. The van der Waals surface area contributed by atoms with Crippen LogP contribution < -0.4 is 5.32 Å². The van der Waals surface area contributed by atoms with Crippen LogP contribution in [0.25, 0.3) is 0 Å². The van der Waals surface area contributed by atoms with Gasteiger partial charge in [0.2, 0.25) is 0 Å². The normalized spacial score (nSPS) is 31.2. The van der Waals surface area contributed by atoms with Gasteiger partial charge in [0.25, 0.3) is 10.2 Å². The number of piperidine rings is 1. The Kier molecular flexibility index (Phi) is 5.51. The molecule has 0 bridgehead atoms. The van der Waals surface area contributed by atoms with Crippen LogP contribution >= 0.6 is 12.4 Å². The van der Waals surface area contributed by atoms with Crippen LogP contribution in [0.2, 0.25) is 0 Å². The third-order valence-corrected chi connectivity index (χ3v) is 6.51. The molecule has 0 aromatic carbocycles. The van der Waals surface area contributed by atoms with Gasteiger partial charge < -0.3 is 14.8 Å². The first kappa shape index (κ1) is 17.4. The zero-order valence-corrected chi connectivity index (χ0v) is 13.9. The Hall–Kier alpha value is 0.0400. The third-order valence-electron chi connectivity index (χ3n) is 4.36. The second-order valence-electron chi connectivity index (χ2n) is 5.68. The molecule has 0 aromatic heterocycles. The number of rotatable bonds is 2. The van der Waals surface area contributed by atoms with Gasteiger partial charge in [-0.15, -0.1) is 12.4 Å². The molecule has 3 aliphatic heterocycles. The molecule has 1 unspecified atom stereocenters. The lowest BCUT2D eigenvalue weighted by molar-refractivity contribution is -0.179. The molecule has 0 radical (unpaired) electrons. The first-order valence-electron chi connectivity index (χ1n) is 7.29. The van der Waals surface area contributed by atoms with Gasteiger partial charge in [0.15, 0.2) is 5.79 Å². The monoisotopic (exact) mass is 341 g/mol. The van der Waals surface area contributed by atoms with E-state index in [-0.39, 0.29) is 18.4 Å². The fourth-order valence-corrected chi connectivity index (χ4v) is 4.95. The number of halogens is 1. The van der Waals surface area contributed by atoms with Crippen molar-refractivity contribution in [2.45, 2.75) is 31.6 Å². The number of hydrogen-bond acceptors (Lipinski definition) is 5. The van der Waals surface area contributed by atoms with E-state index in [2.05, 4.69) is 5.32 Å².